The largest absolute Gasteiger partial charge is 0.378 e. The van der Waals surface area contributed by atoms with Crippen LogP contribution in [0.15, 0.2) is 52.3 Å². The van der Waals surface area contributed by atoms with Gasteiger partial charge in [-0.15, -0.1) is 0 Å². The summed E-state index contributed by atoms with van der Waals surface area (Å²) in [5.74, 6) is -1.45. The predicted octanol–water partition coefficient (Wildman–Crippen LogP) is 2.08. The van der Waals surface area contributed by atoms with Gasteiger partial charge in [-0.25, -0.2) is 5.43 Å². The highest BCUT2D eigenvalue weighted by molar-refractivity contribution is 6.35. The van der Waals surface area contributed by atoms with Crippen molar-refractivity contribution in [1.29, 1.82) is 0 Å². The van der Waals surface area contributed by atoms with Crippen LogP contribution in [0, 0.1) is 0 Å². The van der Waals surface area contributed by atoms with Crippen LogP contribution in [0.5, 0.6) is 0 Å². The van der Waals surface area contributed by atoms with Gasteiger partial charge in [0.15, 0.2) is 0 Å². The molecule has 1 aromatic rings. The Morgan fingerprint density at radius 1 is 1.10 bits per heavy atom. The van der Waals surface area contributed by atoms with Crippen molar-refractivity contribution in [2.24, 2.45) is 5.10 Å². The number of nitrogens with zero attached hydrogens (tertiary/aromatic N) is 2. The molecular formula is C22H28N4O3. The number of ether oxygens (including phenoxy) is 1. The first kappa shape index (κ1) is 20.8. The van der Waals surface area contributed by atoms with Crippen molar-refractivity contribution in [3.05, 3.63) is 52.7 Å². The Hall–Kier alpha value is -2.93. The van der Waals surface area contributed by atoms with E-state index in [1.54, 1.807) is 20.1 Å². The first-order valence-corrected chi connectivity index (χ1v) is 10.0. The normalized spacial score (nSPS) is 18.7. The summed E-state index contributed by atoms with van der Waals surface area (Å²) in [6.07, 6.45) is 5.62. The molecule has 1 aliphatic heterocycles. The third-order valence-corrected chi connectivity index (χ3v) is 4.75. The molecule has 154 valence electrons. The number of nitrogens with one attached hydrogen (secondary N) is 2. The first-order valence-electron chi connectivity index (χ1n) is 10.0. The van der Waals surface area contributed by atoms with Crippen LogP contribution < -0.4 is 10.7 Å². The van der Waals surface area contributed by atoms with E-state index in [1.807, 2.05) is 18.2 Å². The second kappa shape index (κ2) is 10.0. The summed E-state index contributed by atoms with van der Waals surface area (Å²) in [5.41, 5.74) is 6.94. The number of allylic oxidation sites excluding steroid dienone is 2. The van der Waals surface area contributed by atoms with Crippen molar-refractivity contribution in [3.63, 3.8) is 0 Å². The van der Waals surface area contributed by atoms with Gasteiger partial charge < -0.3 is 15.0 Å². The summed E-state index contributed by atoms with van der Waals surface area (Å²) >= 11 is 0. The van der Waals surface area contributed by atoms with Crippen molar-refractivity contribution in [2.45, 2.75) is 32.7 Å². The highest BCUT2D eigenvalue weighted by Gasteiger charge is 2.25. The number of benzene rings is 1. The third-order valence-electron chi connectivity index (χ3n) is 4.75. The lowest BCUT2D eigenvalue weighted by Gasteiger charge is -2.31. The topological polar surface area (TPSA) is 83.0 Å². The molecule has 0 spiro atoms. The standard InChI is InChI=1S/C22H28N4O3/c1-16(2)24-21(27)22(28)25-23-15-19-9-8-18(14-17-6-4-3-5-7-17)20(19)26-10-12-29-13-11-26/h3-7,14-16H,8-13H2,1-2H3,(H,24,27)(H,25,28)/b18-14?,23-15-. The molecule has 0 atom stereocenters. The average molecular weight is 396 g/mol. The van der Waals surface area contributed by atoms with Gasteiger partial charge in [0, 0.05) is 24.8 Å². The first-order chi connectivity index (χ1) is 14.0. The van der Waals surface area contributed by atoms with E-state index in [-0.39, 0.29) is 6.04 Å². The summed E-state index contributed by atoms with van der Waals surface area (Å²) in [7, 11) is 0. The predicted molar refractivity (Wildman–Crippen MR) is 113 cm³/mol. The van der Waals surface area contributed by atoms with Crippen LogP contribution in [0.1, 0.15) is 32.3 Å². The number of hydrogen-bond acceptors (Lipinski definition) is 5. The van der Waals surface area contributed by atoms with Gasteiger partial charge in [0.25, 0.3) is 0 Å². The Labute approximate surface area is 171 Å². The van der Waals surface area contributed by atoms with Gasteiger partial charge in [-0.05, 0) is 49.5 Å². The van der Waals surface area contributed by atoms with E-state index in [1.165, 1.54) is 5.57 Å². The molecular weight excluding hydrogens is 368 g/mol. The van der Waals surface area contributed by atoms with E-state index in [0.29, 0.717) is 13.2 Å². The van der Waals surface area contributed by atoms with Crippen molar-refractivity contribution in [3.8, 4) is 0 Å². The number of hydrazone groups is 1. The number of morpholine rings is 1. The second-order valence-corrected chi connectivity index (χ2v) is 7.38. The molecule has 1 heterocycles. The Morgan fingerprint density at radius 3 is 2.52 bits per heavy atom. The zero-order valence-electron chi connectivity index (χ0n) is 17.0. The molecule has 2 aliphatic rings. The Morgan fingerprint density at radius 2 is 1.83 bits per heavy atom. The molecule has 0 bridgehead atoms. The summed E-state index contributed by atoms with van der Waals surface area (Å²) in [6.45, 7) is 6.63. The van der Waals surface area contributed by atoms with E-state index < -0.39 is 11.8 Å². The van der Waals surface area contributed by atoms with Gasteiger partial charge in [0.05, 0.1) is 19.4 Å². The van der Waals surface area contributed by atoms with E-state index in [0.717, 1.165) is 42.8 Å². The maximum atomic E-state index is 11.8. The molecule has 29 heavy (non-hydrogen) atoms. The van der Waals surface area contributed by atoms with Crippen molar-refractivity contribution in [1.82, 2.24) is 15.6 Å². The van der Waals surface area contributed by atoms with Gasteiger partial charge in [0.1, 0.15) is 0 Å². The van der Waals surface area contributed by atoms with E-state index in [9.17, 15) is 9.59 Å². The van der Waals surface area contributed by atoms with Gasteiger partial charge in [0.2, 0.25) is 0 Å². The SMILES string of the molecule is CC(C)NC(=O)C(=O)N/N=C\C1=C(N2CCOCC2)C(=Cc2ccccc2)CC1. The molecule has 0 saturated carbocycles. The minimum absolute atomic E-state index is 0.103. The summed E-state index contributed by atoms with van der Waals surface area (Å²) in [4.78, 5) is 25.9. The van der Waals surface area contributed by atoms with E-state index in [2.05, 4.69) is 39.0 Å². The molecule has 0 unspecified atom stereocenters. The number of rotatable bonds is 5. The lowest BCUT2D eigenvalue weighted by Crippen LogP contribution is -2.41. The van der Waals surface area contributed by atoms with Crippen LogP contribution in [0.4, 0.5) is 0 Å². The minimum atomic E-state index is -0.762. The van der Waals surface area contributed by atoms with Gasteiger partial charge >= 0.3 is 11.8 Å². The fraction of sp³-hybridized carbons (Fsp3) is 0.409. The van der Waals surface area contributed by atoms with Crippen LogP contribution in [0.25, 0.3) is 6.08 Å². The molecule has 0 radical (unpaired) electrons. The molecule has 0 aromatic heterocycles. The van der Waals surface area contributed by atoms with E-state index in [4.69, 9.17) is 4.74 Å². The Bertz CT molecular complexity index is 822. The van der Waals surface area contributed by atoms with Gasteiger partial charge in [-0.1, -0.05) is 30.3 Å². The molecule has 1 fully saturated rings. The number of carbonyl (C=O) groups is 2. The average Bonchev–Trinajstić information content (AvgIpc) is 3.11. The van der Waals surface area contributed by atoms with Gasteiger partial charge in [-0.3, -0.25) is 9.59 Å². The highest BCUT2D eigenvalue weighted by atomic mass is 16.5. The molecule has 1 aromatic carbocycles. The minimum Gasteiger partial charge on any atom is -0.378 e. The second-order valence-electron chi connectivity index (χ2n) is 7.38. The summed E-state index contributed by atoms with van der Waals surface area (Å²) in [5, 5.41) is 6.59. The lowest BCUT2D eigenvalue weighted by molar-refractivity contribution is -0.139. The third kappa shape index (κ3) is 5.77. The zero-order chi connectivity index (χ0) is 20.6. The van der Waals surface area contributed by atoms with Crippen molar-refractivity contribution < 1.29 is 14.3 Å². The fourth-order valence-corrected chi connectivity index (χ4v) is 3.47. The smallest absolute Gasteiger partial charge is 0.329 e. The lowest BCUT2D eigenvalue weighted by atomic mass is 10.1. The molecule has 1 aliphatic carbocycles. The summed E-state index contributed by atoms with van der Waals surface area (Å²) in [6, 6.07) is 10.1. The number of carbonyl (C=O) groups excluding carboxylic acids is 2. The molecule has 7 heteroatoms. The molecule has 7 nitrogen and oxygen atoms in total. The fourth-order valence-electron chi connectivity index (χ4n) is 3.47. The highest BCUT2D eigenvalue weighted by Crippen LogP contribution is 2.34. The molecule has 2 amide bonds. The monoisotopic (exact) mass is 396 g/mol. The molecule has 3 rings (SSSR count). The van der Waals surface area contributed by atoms with Crippen LogP contribution >= 0.6 is 0 Å². The molecule has 2 N–H and O–H groups in total. The zero-order valence-corrected chi connectivity index (χ0v) is 17.0. The van der Waals surface area contributed by atoms with E-state index >= 15 is 0 Å². The molecule has 1 saturated heterocycles. The van der Waals surface area contributed by atoms with Crippen LogP contribution in [0.3, 0.4) is 0 Å². The van der Waals surface area contributed by atoms with Crippen LogP contribution in [-0.4, -0.2) is 55.3 Å². The maximum Gasteiger partial charge on any atom is 0.329 e. The summed E-state index contributed by atoms with van der Waals surface area (Å²) < 4.78 is 5.50. The van der Waals surface area contributed by atoms with Crippen LogP contribution in [0.2, 0.25) is 0 Å². The van der Waals surface area contributed by atoms with Crippen LogP contribution in [-0.2, 0) is 14.3 Å². The number of amides is 2. The quantitative estimate of drug-likeness (QED) is 0.454. The maximum absolute atomic E-state index is 11.8. The van der Waals surface area contributed by atoms with Crippen molar-refractivity contribution in [2.75, 3.05) is 26.3 Å². The van der Waals surface area contributed by atoms with Crippen molar-refractivity contribution >= 4 is 24.1 Å². The van der Waals surface area contributed by atoms with Gasteiger partial charge in [-0.2, -0.15) is 5.10 Å². The Kier molecular flexibility index (Phi) is 7.19. The Balaban J connectivity index is 1.79. The number of hydrogen-bond donors (Lipinski definition) is 2.